The van der Waals surface area contributed by atoms with Gasteiger partial charge in [-0.2, -0.15) is 5.26 Å². The lowest BCUT2D eigenvalue weighted by Gasteiger charge is -2.12. The van der Waals surface area contributed by atoms with Crippen molar-refractivity contribution in [2.75, 3.05) is 25.6 Å². The molecule has 0 aliphatic rings. The molecule has 0 spiro atoms. The Bertz CT molecular complexity index is 404. The second-order valence-electron chi connectivity index (χ2n) is 3.60. The van der Waals surface area contributed by atoms with E-state index >= 15 is 0 Å². The Kier molecular flexibility index (Phi) is 5.98. The monoisotopic (exact) mass is 298 g/mol. The number of ether oxygens (including phenoxy) is 1. The molecule has 2 N–H and O–H groups in total. The standard InChI is InChI=1S/C12H15BrN2O2/c1-17-8-9(16)5-6-15-12-4-2-3-11(13)10(12)7-14/h2-4,9,15-16H,5-6,8H2,1H3. The molecule has 1 rings (SSSR count). The Morgan fingerprint density at radius 2 is 2.35 bits per heavy atom. The minimum absolute atomic E-state index is 0.325. The van der Waals surface area contributed by atoms with E-state index in [4.69, 9.17) is 10.00 Å². The molecule has 92 valence electrons. The number of hydrogen-bond acceptors (Lipinski definition) is 4. The average Bonchev–Trinajstić information content (AvgIpc) is 2.29. The topological polar surface area (TPSA) is 65.3 Å². The fourth-order valence-corrected chi connectivity index (χ4v) is 1.89. The summed E-state index contributed by atoms with van der Waals surface area (Å²) >= 11 is 3.32. The highest BCUT2D eigenvalue weighted by Gasteiger charge is 2.07. The van der Waals surface area contributed by atoms with Gasteiger partial charge in [-0.3, -0.25) is 0 Å². The van der Waals surface area contributed by atoms with Gasteiger partial charge in [0.1, 0.15) is 6.07 Å². The van der Waals surface area contributed by atoms with Crippen LogP contribution in [0.2, 0.25) is 0 Å². The molecule has 0 amide bonds. The molecule has 0 fully saturated rings. The van der Waals surface area contributed by atoms with Crippen molar-refractivity contribution in [3.05, 3.63) is 28.2 Å². The van der Waals surface area contributed by atoms with Crippen molar-refractivity contribution in [3.63, 3.8) is 0 Å². The highest BCUT2D eigenvalue weighted by Crippen LogP contribution is 2.23. The zero-order valence-corrected chi connectivity index (χ0v) is 11.2. The fourth-order valence-electron chi connectivity index (χ4n) is 1.43. The van der Waals surface area contributed by atoms with Gasteiger partial charge in [-0.1, -0.05) is 6.07 Å². The lowest BCUT2D eigenvalue weighted by Crippen LogP contribution is -2.18. The summed E-state index contributed by atoms with van der Waals surface area (Å²) in [6.07, 6.45) is 0.0933. The van der Waals surface area contributed by atoms with Crippen molar-refractivity contribution in [2.24, 2.45) is 0 Å². The number of rotatable bonds is 6. The third kappa shape index (κ3) is 4.35. The molecule has 0 bridgehead atoms. The molecular formula is C12H15BrN2O2. The van der Waals surface area contributed by atoms with Gasteiger partial charge in [-0.15, -0.1) is 0 Å². The lowest BCUT2D eigenvalue weighted by atomic mass is 10.2. The normalized spacial score (nSPS) is 11.9. The summed E-state index contributed by atoms with van der Waals surface area (Å²) in [5.74, 6) is 0. The summed E-state index contributed by atoms with van der Waals surface area (Å²) in [5, 5.41) is 21.6. The highest BCUT2D eigenvalue weighted by atomic mass is 79.9. The predicted molar refractivity (Wildman–Crippen MR) is 69.8 cm³/mol. The molecule has 0 aliphatic carbocycles. The van der Waals surface area contributed by atoms with E-state index in [1.165, 1.54) is 0 Å². The fraction of sp³-hybridized carbons (Fsp3) is 0.417. The summed E-state index contributed by atoms with van der Waals surface area (Å²) in [5.41, 5.74) is 1.35. The highest BCUT2D eigenvalue weighted by molar-refractivity contribution is 9.10. The predicted octanol–water partition coefficient (Wildman–Crippen LogP) is 2.13. The van der Waals surface area contributed by atoms with Crippen LogP contribution in [0.25, 0.3) is 0 Å². The van der Waals surface area contributed by atoms with Gasteiger partial charge in [0.15, 0.2) is 0 Å². The van der Waals surface area contributed by atoms with Gasteiger partial charge in [-0.05, 0) is 34.5 Å². The number of hydrogen-bond donors (Lipinski definition) is 2. The number of methoxy groups -OCH3 is 1. The van der Waals surface area contributed by atoms with E-state index in [0.29, 0.717) is 25.1 Å². The molecule has 0 heterocycles. The van der Waals surface area contributed by atoms with Crippen LogP contribution in [0.1, 0.15) is 12.0 Å². The first kappa shape index (κ1) is 14.0. The Morgan fingerprint density at radius 1 is 1.59 bits per heavy atom. The first-order valence-corrected chi connectivity index (χ1v) is 6.07. The van der Waals surface area contributed by atoms with Crippen molar-refractivity contribution >= 4 is 21.6 Å². The molecule has 0 saturated carbocycles. The first-order chi connectivity index (χ1) is 8.19. The quantitative estimate of drug-likeness (QED) is 0.844. The molecule has 0 aromatic heterocycles. The Labute approximate surface area is 109 Å². The minimum Gasteiger partial charge on any atom is -0.391 e. The summed E-state index contributed by atoms with van der Waals surface area (Å²) in [6.45, 7) is 0.918. The maximum Gasteiger partial charge on any atom is 0.103 e. The number of benzene rings is 1. The molecule has 0 saturated heterocycles. The van der Waals surface area contributed by atoms with Gasteiger partial charge in [0.25, 0.3) is 0 Å². The minimum atomic E-state index is -0.481. The number of anilines is 1. The summed E-state index contributed by atoms with van der Waals surface area (Å²) in [6, 6.07) is 7.65. The van der Waals surface area contributed by atoms with Crippen LogP contribution in [0.15, 0.2) is 22.7 Å². The third-order valence-corrected chi connectivity index (χ3v) is 2.94. The van der Waals surface area contributed by atoms with E-state index in [0.717, 1.165) is 10.2 Å². The van der Waals surface area contributed by atoms with Crippen LogP contribution in [0.3, 0.4) is 0 Å². The number of nitriles is 1. The smallest absolute Gasteiger partial charge is 0.103 e. The van der Waals surface area contributed by atoms with Crippen LogP contribution in [-0.4, -0.2) is 31.5 Å². The van der Waals surface area contributed by atoms with Crippen LogP contribution in [0, 0.1) is 11.3 Å². The van der Waals surface area contributed by atoms with E-state index in [2.05, 4.69) is 27.3 Å². The van der Waals surface area contributed by atoms with Gasteiger partial charge in [0.05, 0.1) is 24.0 Å². The van der Waals surface area contributed by atoms with Crippen molar-refractivity contribution in [2.45, 2.75) is 12.5 Å². The van der Waals surface area contributed by atoms with Gasteiger partial charge in [-0.25, -0.2) is 0 Å². The lowest BCUT2D eigenvalue weighted by molar-refractivity contribution is 0.0615. The van der Waals surface area contributed by atoms with Gasteiger partial charge >= 0.3 is 0 Å². The molecule has 1 atom stereocenters. The maximum absolute atomic E-state index is 9.47. The molecule has 0 aliphatic heterocycles. The molecule has 1 unspecified atom stereocenters. The van der Waals surface area contributed by atoms with Crippen LogP contribution in [-0.2, 0) is 4.74 Å². The summed E-state index contributed by atoms with van der Waals surface area (Å²) in [4.78, 5) is 0. The molecule has 5 heteroatoms. The van der Waals surface area contributed by atoms with Crippen LogP contribution >= 0.6 is 15.9 Å². The zero-order chi connectivity index (χ0) is 12.7. The molecular weight excluding hydrogens is 284 g/mol. The molecule has 17 heavy (non-hydrogen) atoms. The van der Waals surface area contributed by atoms with E-state index in [9.17, 15) is 5.11 Å². The summed E-state index contributed by atoms with van der Waals surface area (Å²) < 4.78 is 5.60. The molecule has 4 nitrogen and oxygen atoms in total. The van der Waals surface area contributed by atoms with Crippen LogP contribution in [0.5, 0.6) is 0 Å². The van der Waals surface area contributed by atoms with Crippen molar-refractivity contribution in [1.29, 1.82) is 5.26 Å². The van der Waals surface area contributed by atoms with Crippen molar-refractivity contribution < 1.29 is 9.84 Å². The van der Waals surface area contributed by atoms with E-state index < -0.39 is 6.10 Å². The Hall–Kier alpha value is -1.09. The van der Waals surface area contributed by atoms with Gasteiger partial charge < -0.3 is 15.2 Å². The number of aliphatic hydroxyl groups excluding tert-OH is 1. The largest absolute Gasteiger partial charge is 0.391 e. The second kappa shape index (κ2) is 7.28. The number of nitrogens with one attached hydrogen (secondary N) is 1. The average molecular weight is 299 g/mol. The number of halogens is 1. The van der Waals surface area contributed by atoms with E-state index in [1.807, 2.05) is 18.2 Å². The number of aliphatic hydroxyl groups is 1. The Morgan fingerprint density at radius 3 is 3.00 bits per heavy atom. The van der Waals surface area contributed by atoms with Crippen LogP contribution in [0.4, 0.5) is 5.69 Å². The molecule has 0 radical (unpaired) electrons. The van der Waals surface area contributed by atoms with Gasteiger partial charge in [0, 0.05) is 18.1 Å². The van der Waals surface area contributed by atoms with Crippen molar-refractivity contribution in [1.82, 2.24) is 0 Å². The van der Waals surface area contributed by atoms with Crippen molar-refractivity contribution in [3.8, 4) is 6.07 Å². The number of nitrogens with zero attached hydrogens (tertiary/aromatic N) is 1. The zero-order valence-electron chi connectivity index (χ0n) is 9.61. The van der Waals surface area contributed by atoms with Gasteiger partial charge in [0.2, 0.25) is 0 Å². The second-order valence-corrected chi connectivity index (χ2v) is 4.45. The maximum atomic E-state index is 9.47. The van der Waals surface area contributed by atoms with E-state index in [-0.39, 0.29) is 0 Å². The summed E-state index contributed by atoms with van der Waals surface area (Å²) in [7, 11) is 1.55. The SMILES string of the molecule is COCC(O)CCNc1cccc(Br)c1C#N. The first-order valence-electron chi connectivity index (χ1n) is 5.28. The van der Waals surface area contributed by atoms with Crippen LogP contribution < -0.4 is 5.32 Å². The molecule has 1 aromatic carbocycles. The Balaban J connectivity index is 2.53. The van der Waals surface area contributed by atoms with E-state index in [1.54, 1.807) is 7.11 Å². The third-order valence-electron chi connectivity index (χ3n) is 2.28. The molecule has 1 aromatic rings.